The monoisotopic (exact) mass is 375 g/mol. The number of carbonyl (C=O) groups is 1. The zero-order chi connectivity index (χ0) is 18.3. The number of pyridine rings is 1. The van der Waals surface area contributed by atoms with Crippen molar-refractivity contribution in [1.82, 2.24) is 24.8 Å². The van der Waals surface area contributed by atoms with Crippen molar-refractivity contribution in [2.45, 2.75) is 31.7 Å². The molecular weight excluding hydrogens is 354 g/mol. The number of aromatic nitrogens is 3. The Morgan fingerprint density at radius 2 is 2.08 bits per heavy atom. The highest BCUT2D eigenvalue weighted by Crippen LogP contribution is 2.42. The topological polar surface area (TPSA) is 85.1 Å². The van der Waals surface area contributed by atoms with E-state index in [9.17, 15) is 9.59 Å². The first-order chi connectivity index (χ1) is 12.5. The summed E-state index contributed by atoms with van der Waals surface area (Å²) in [6.07, 6.45) is 5.91. The molecule has 26 heavy (non-hydrogen) atoms. The van der Waals surface area contributed by atoms with Gasteiger partial charge in [-0.25, -0.2) is 4.98 Å². The molecule has 1 spiro atoms. The quantitative estimate of drug-likeness (QED) is 0.837. The Morgan fingerprint density at radius 3 is 2.77 bits per heavy atom. The molecule has 2 aliphatic heterocycles. The van der Waals surface area contributed by atoms with E-state index in [0.29, 0.717) is 18.7 Å². The number of piperidine rings is 1. The molecule has 0 bridgehead atoms. The fraction of sp³-hybridized carbons (Fsp3) is 0.500. The first kappa shape index (κ1) is 17.3. The first-order valence-electron chi connectivity index (χ1n) is 9.00. The lowest BCUT2D eigenvalue weighted by Gasteiger charge is -2.50. The molecule has 0 radical (unpaired) electrons. The summed E-state index contributed by atoms with van der Waals surface area (Å²) < 4.78 is 0. The van der Waals surface area contributed by atoms with Gasteiger partial charge in [0, 0.05) is 37.9 Å². The molecule has 0 aromatic carbocycles. The Bertz CT molecular complexity index is 882. The summed E-state index contributed by atoms with van der Waals surface area (Å²) in [5.74, 6) is -0.0980. The summed E-state index contributed by atoms with van der Waals surface area (Å²) in [5, 5.41) is 0.0370. The van der Waals surface area contributed by atoms with E-state index in [4.69, 9.17) is 11.6 Å². The number of imidazole rings is 1. The zero-order valence-corrected chi connectivity index (χ0v) is 15.5. The molecule has 8 heteroatoms. The summed E-state index contributed by atoms with van der Waals surface area (Å²) in [4.78, 5) is 38.9. The van der Waals surface area contributed by atoms with Crippen LogP contribution in [0.2, 0.25) is 5.02 Å². The Labute approximate surface area is 156 Å². The molecule has 0 saturated carbocycles. The van der Waals surface area contributed by atoms with E-state index in [0.717, 1.165) is 38.0 Å². The van der Waals surface area contributed by atoms with Crippen LogP contribution >= 0.6 is 11.6 Å². The van der Waals surface area contributed by atoms with Gasteiger partial charge in [0.2, 0.25) is 0 Å². The van der Waals surface area contributed by atoms with Gasteiger partial charge < -0.3 is 14.9 Å². The van der Waals surface area contributed by atoms with Crippen molar-refractivity contribution >= 4 is 17.5 Å². The summed E-state index contributed by atoms with van der Waals surface area (Å²) in [6.45, 7) is 5.46. The number of halogens is 1. The average molecular weight is 376 g/mol. The molecule has 2 N–H and O–H groups in total. The van der Waals surface area contributed by atoms with Crippen LogP contribution in [0.3, 0.4) is 0 Å². The minimum atomic E-state index is -0.382. The second-order valence-corrected chi connectivity index (χ2v) is 7.36. The van der Waals surface area contributed by atoms with Crippen molar-refractivity contribution in [2.24, 2.45) is 0 Å². The first-order valence-corrected chi connectivity index (χ1v) is 9.38. The maximum atomic E-state index is 12.8. The van der Waals surface area contributed by atoms with Crippen molar-refractivity contribution < 1.29 is 4.79 Å². The maximum absolute atomic E-state index is 12.8. The van der Waals surface area contributed by atoms with Gasteiger partial charge in [-0.15, -0.1) is 0 Å². The number of carbonyl (C=O) groups excluding carboxylic acids is 1. The van der Waals surface area contributed by atoms with Crippen molar-refractivity contribution in [1.29, 1.82) is 0 Å². The highest BCUT2D eigenvalue weighted by atomic mass is 35.5. The number of amides is 1. The number of hydrogen-bond donors (Lipinski definition) is 2. The molecule has 7 nitrogen and oxygen atoms in total. The molecule has 1 saturated heterocycles. The maximum Gasteiger partial charge on any atom is 0.266 e. The number of hydrogen-bond acceptors (Lipinski definition) is 4. The molecule has 1 amide bonds. The molecular formula is C18H22ClN5O2. The van der Waals surface area contributed by atoms with Crippen LogP contribution in [-0.4, -0.2) is 56.8 Å². The Hall–Kier alpha value is -2.12. The SMILES string of the molecule is CCN1CCc2[nH]cnc2C12CCN(C(=O)c1c[nH]c(=O)c(Cl)c1)CC2. The third-order valence-electron chi connectivity index (χ3n) is 5.76. The van der Waals surface area contributed by atoms with Gasteiger partial charge in [0.15, 0.2) is 0 Å². The standard InChI is InChI=1S/C18H22ClN5O2/c1-2-24-6-3-14-15(22-11-21-14)18(24)4-7-23(8-5-18)17(26)12-9-13(19)16(25)20-10-12/h9-11H,2-8H2,1H3,(H,20,25)(H,21,22). The van der Waals surface area contributed by atoms with E-state index in [1.54, 1.807) is 6.33 Å². The van der Waals surface area contributed by atoms with Gasteiger partial charge in [0.25, 0.3) is 11.5 Å². The average Bonchev–Trinajstić information content (AvgIpc) is 3.14. The van der Waals surface area contributed by atoms with E-state index in [1.165, 1.54) is 18.0 Å². The summed E-state index contributed by atoms with van der Waals surface area (Å²) in [7, 11) is 0. The normalized spacial score (nSPS) is 19.5. The van der Waals surface area contributed by atoms with Crippen molar-refractivity contribution in [2.75, 3.05) is 26.2 Å². The number of nitrogens with one attached hydrogen (secondary N) is 2. The van der Waals surface area contributed by atoms with Crippen molar-refractivity contribution in [3.05, 3.63) is 50.9 Å². The highest BCUT2D eigenvalue weighted by Gasteiger charge is 2.46. The van der Waals surface area contributed by atoms with E-state index in [2.05, 4.69) is 26.8 Å². The Balaban J connectivity index is 1.56. The van der Waals surface area contributed by atoms with Gasteiger partial charge in [-0.05, 0) is 25.5 Å². The van der Waals surface area contributed by atoms with Crippen molar-refractivity contribution in [3.63, 3.8) is 0 Å². The third-order valence-corrected chi connectivity index (χ3v) is 6.04. The lowest BCUT2D eigenvalue weighted by molar-refractivity contribution is 0.0102. The fourth-order valence-corrected chi connectivity index (χ4v) is 4.55. The van der Waals surface area contributed by atoms with Crippen LogP contribution in [-0.2, 0) is 12.0 Å². The van der Waals surface area contributed by atoms with Crippen LogP contribution in [0.15, 0.2) is 23.4 Å². The molecule has 2 aromatic rings. The summed E-state index contributed by atoms with van der Waals surface area (Å²) in [6, 6.07) is 1.44. The predicted molar refractivity (Wildman–Crippen MR) is 98.4 cm³/mol. The van der Waals surface area contributed by atoms with Gasteiger partial charge in [0.05, 0.1) is 23.1 Å². The fourth-order valence-electron chi connectivity index (χ4n) is 4.38. The molecule has 2 aliphatic rings. The Morgan fingerprint density at radius 1 is 1.31 bits per heavy atom. The largest absolute Gasteiger partial charge is 0.348 e. The van der Waals surface area contributed by atoms with E-state index in [1.807, 2.05) is 4.90 Å². The van der Waals surface area contributed by atoms with Gasteiger partial charge in [-0.1, -0.05) is 18.5 Å². The number of likely N-dealkylation sites (N-methyl/N-ethyl adjacent to an activating group) is 1. The lowest BCUT2D eigenvalue weighted by atomic mass is 9.78. The molecule has 2 aromatic heterocycles. The summed E-state index contributed by atoms with van der Waals surface area (Å²) >= 11 is 5.86. The van der Waals surface area contributed by atoms with E-state index in [-0.39, 0.29) is 22.0 Å². The predicted octanol–water partition coefficient (Wildman–Crippen LogP) is 1.76. The van der Waals surface area contributed by atoms with E-state index >= 15 is 0 Å². The van der Waals surface area contributed by atoms with Crippen LogP contribution in [0.1, 0.15) is 41.5 Å². The third kappa shape index (κ3) is 2.66. The highest BCUT2D eigenvalue weighted by molar-refractivity contribution is 6.30. The molecule has 1 fully saturated rings. The van der Waals surface area contributed by atoms with E-state index < -0.39 is 0 Å². The van der Waals surface area contributed by atoms with Gasteiger partial charge >= 0.3 is 0 Å². The van der Waals surface area contributed by atoms with Crippen LogP contribution in [0.5, 0.6) is 0 Å². The zero-order valence-electron chi connectivity index (χ0n) is 14.7. The molecule has 0 unspecified atom stereocenters. The lowest BCUT2D eigenvalue weighted by Crippen LogP contribution is -2.57. The van der Waals surface area contributed by atoms with Gasteiger partial charge in [0.1, 0.15) is 5.02 Å². The summed E-state index contributed by atoms with van der Waals surface area (Å²) in [5.41, 5.74) is 2.31. The smallest absolute Gasteiger partial charge is 0.266 e. The van der Waals surface area contributed by atoms with Crippen LogP contribution in [0, 0.1) is 0 Å². The van der Waals surface area contributed by atoms with Crippen molar-refractivity contribution in [3.8, 4) is 0 Å². The molecule has 4 rings (SSSR count). The van der Waals surface area contributed by atoms with Crippen LogP contribution in [0.4, 0.5) is 0 Å². The van der Waals surface area contributed by atoms with Crippen LogP contribution in [0.25, 0.3) is 0 Å². The van der Waals surface area contributed by atoms with Gasteiger partial charge in [-0.3, -0.25) is 14.5 Å². The number of fused-ring (bicyclic) bond motifs is 2. The molecule has 138 valence electrons. The number of likely N-dealkylation sites (tertiary alicyclic amines) is 1. The van der Waals surface area contributed by atoms with Crippen LogP contribution < -0.4 is 5.56 Å². The minimum absolute atomic E-state index is 0.0370. The number of rotatable bonds is 2. The number of aromatic amines is 2. The Kier molecular flexibility index (Phi) is 4.36. The number of nitrogens with zero attached hydrogens (tertiary/aromatic N) is 3. The molecule has 0 atom stereocenters. The molecule has 0 aliphatic carbocycles. The minimum Gasteiger partial charge on any atom is -0.348 e. The second-order valence-electron chi connectivity index (χ2n) is 6.95. The van der Waals surface area contributed by atoms with Gasteiger partial charge in [-0.2, -0.15) is 0 Å². The second kappa shape index (κ2) is 6.55. The number of H-pyrrole nitrogens is 2. The molecule has 4 heterocycles.